The number of carboxylic acid groups (broad SMARTS) is 4. The third-order valence-corrected chi connectivity index (χ3v) is 3.73. The maximum atomic E-state index is 11.3. The Morgan fingerprint density at radius 1 is 0.778 bits per heavy atom. The van der Waals surface area contributed by atoms with Gasteiger partial charge in [0, 0.05) is 0 Å². The van der Waals surface area contributed by atoms with Gasteiger partial charge in [-0.2, -0.15) is 0 Å². The van der Waals surface area contributed by atoms with Crippen LogP contribution in [-0.2, 0) is 19.2 Å². The average Bonchev–Trinajstić information content (AvgIpc) is 2.11. The number of hydrogen-bond donors (Lipinski definition) is 4. The van der Waals surface area contributed by atoms with Crippen molar-refractivity contribution in [2.45, 2.75) is 20.3 Å². The van der Waals surface area contributed by atoms with Crippen molar-refractivity contribution in [2.75, 3.05) is 0 Å². The Morgan fingerprint density at radius 2 is 1.11 bits per heavy atom. The van der Waals surface area contributed by atoms with Gasteiger partial charge in [-0.3, -0.25) is 19.2 Å². The molecule has 18 heavy (non-hydrogen) atoms. The second-order valence-electron chi connectivity index (χ2n) is 4.94. The van der Waals surface area contributed by atoms with Crippen molar-refractivity contribution >= 4 is 23.9 Å². The summed E-state index contributed by atoms with van der Waals surface area (Å²) in [6, 6.07) is 0. The van der Waals surface area contributed by atoms with Gasteiger partial charge in [0.25, 0.3) is 0 Å². The van der Waals surface area contributed by atoms with Gasteiger partial charge in [-0.25, -0.2) is 0 Å². The first kappa shape index (κ1) is 13.9. The Morgan fingerprint density at radius 3 is 1.22 bits per heavy atom. The molecule has 0 heterocycles. The summed E-state index contributed by atoms with van der Waals surface area (Å²) in [5.74, 6) is -7.84. The molecule has 1 rings (SSSR count). The lowest BCUT2D eigenvalue weighted by Crippen LogP contribution is -2.76. The van der Waals surface area contributed by atoms with Crippen molar-refractivity contribution in [1.82, 2.24) is 0 Å². The highest BCUT2D eigenvalue weighted by molar-refractivity contribution is 6.15. The third kappa shape index (κ3) is 1.09. The van der Waals surface area contributed by atoms with Crippen LogP contribution in [0, 0.1) is 16.2 Å². The van der Waals surface area contributed by atoms with Crippen LogP contribution in [0.2, 0.25) is 0 Å². The highest BCUT2D eigenvalue weighted by Crippen LogP contribution is 2.68. The molecule has 0 aromatic carbocycles. The van der Waals surface area contributed by atoms with Crippen molar-refractivity contribution < 1.29 is 39.6 Å². The largest absolute Gasteiger partial charge is 0.480 e. The molecule has 0 saturated heterocycles. The van der Waals surface area contributed by atoms with Gasteiger partial charge in [0.1, 0.15) is 0 Å². The van der Waals surface area contributed by atoms with Crippen LogP contribution in [0.25, 0.3) is 0 Å². The fourth-order valence-electron chi connectivity index (χ4n) is 3.00. The summed E-state index contributed by atoms with van der Waals surface area (Å²) in [5.41, 5.74) is -7.23. The summed E-state index contributed by atoms with van der Waals surface area (Å²) in [5, 5.41) is 36.3. The summed E-state index contributed by atoms with van der Waals surface area (Å²) >= 11 is 0. The smallest absolute Gasteiger partial charge is 0.323 e. The minimum absolute atomic E-state index is 0.566. The van der Waals surface area contributed by atoms with Gasteiger partial charge in [0.2, 0.25) is 0 Å². The van der Waals surface area contributed by atoms with E-state index in [1.54, 1.807) is 0 Å². The monoisotopic (exact) mass is 260 g/mol. The van der Waals surface area contributed by atoms with Crippen molar-refractivity contribution in [3.05, 3.63) is 0 Å². The highest BCUT2D eigenvalue weighted by Gasteiger charge is 2.85. The molecule has 1 aliphatic carbocycles. The lowest BCUT2D eigenvalue weighted by molar-refractivity contribution is -0.240. The molecule has 0 spiro atoms. The first-order valence-electron chi connectivity index (χ1n) is 4.92. The van der Waals surface area contributed by atoms with E-state index in [2.05, 4.69) is 0 Å². The first-order valence-corrected chi connectivity index (χ1v) is 4.92. The van der Waals surface area contributed by atoms with E-state index in [9.17, 15) is 19.2 Å². The van der Waals surface area contributed by atoms with Crippen LogP contribution in [0.1, 0.15) is 20.3 Å². The van der Waals surface area contributed by atoms with Gasteiger partial charge < -0.3 is 20.4 Å². The first-order chi connectivity index (χ1) is 7.98. The van der Waals surface area contributed by atoms with E-state index >= 15 is 0 Å². The molecule has 0 aliphatic heterocycles. The van der Waals surface area contributed by atoms with E-state index in [1.165, 1.54) is 13.8 Å². The fourth-order valence-corrected chi connectivity index (χ4v) is 3.00. The van der Waals surface area contributed by atoms with Crippen LogP contribution < -0.4 is 0 Å². The Hall–Kier alpha value is -2.12. The van der Waals surface area contributed by atoms with Gasteiger partial charge in [-0.05, 0) is 11.8 Å². The lowest BCUT2D eigenvalue weighted by Gasteiger charge is -2.59. The molecule has 0 bridgehead atoms. The fraction of sp³-hybridized carbons (Fsp3) is 0.600. The van der Waals surface area contributed by atoms with Crippen molar-refractivity contribution in [3.8, 4) is 0 Å². The zero-order valence-corrected chi connectivity index (χ0v) is 9.63. The van der Waals surface area contributed by atoms with E-state index < -0.39 is 46.5 Å². The third-order valence-electron chi connectivity index (χ3n) is 3.73. The molecule has 100 valence electrons. The van der Waals surface area contributed by atoms with E-state index in [1.807, 2.05) is 0 Å². The van der Waals surface area contributed by atoms with Gasteiger partial charge in [0.15, 0.2) is 10.8 Å². The molecule has 8 heteroatoms. The Labute approximate surface area is 101 Å². The van der Waals surface area contributed by atoms with Crippen molar-refractivity contribution in [2.24, 2.45) is 16.2 Å². The lowest BCUT2D eigenvalue weighted by atomic mass is 9.37. The molecule has 0 radical (unpaired) electrons. The molecular formula is C10H12O8. The maximum absolute atomic E-state index is 11.3. The number of rotatable bonds is 4. The molecule has 0 atom stereocenters. The predicted molar refractivity (Wildman–Crippen MR) is 53.8 cm³/mol. The van der Waals surface area contributed by atoms with E-state index in [4.69, 9.17) is 20.4 Å². The minimum atomic E-state index is -2.89. The molecule has 4 N–H and O–H groups in total. The standard InChI is InChI=1S/C10H12O8/c1-8(2)3-9(4(11)12,5(13)14)10(8,6(15)16)7(17)18/h3H2,1-2H3,(H,11,12)(H,13,14)(H,15,16)(H,17,18). The van der Waals surface area contributed by atoms with Crippen LogP contribution >= 0.6 is 0 Å². The molecule has 0 aromatic rings. The normalized spacial score (nSPS) is 22.6. The summed E-state index contributed by atoms with van der Waals surface area (Å²) < 4.78 is 0. The van der Waals surface area contributed by atoms with Crippen LogP contribution in [0.4, 0.5) is 0 Å². The number of carbonyl (C=O) groups is 4. The summed E-state index contributed by atoms with van der Waals surface area (Å²) in [4.78, 5) is 44.9. The average molecular weight is 260 g/mol. The summed E-state index contributed by atoms with van der Waals surface area (Å²) in [6.07, 6.45) is -0.566. The van der Waals surface area contributed by atoms with E-state index in [0.29, 0.717) is 0 Å². The molecular weight excluding hydrogens is 248 g/mol. The zero-order valence-electron chi connectivity index (χ0n) is 9.63. The van der Waals surface area contributed by atoms with Crippen LogP contribution in [0.3, 0.4) is 0 Å². The van der Waals surface area contributed by atoms with E-state index in [0.717, 1.165) is 0 Å². The van der Waals surface area contributed by atoms with Crippen molar-refractivity contribution in [3.63, 3.8) is 0 Å². The number of carboxylic acids is 4. The van der Waals surface area contributed by atoms with Crippen LogP contribution in [-0.4, -0.2) is 44.3 Å². The van der Waals surface area contributed by atoms with Crippen LogP contribution in [0.5, 0.6) is 0 Å². The molecule has 1 aliphatic rings. The zero-order chi connectivity index (χ0) is 14.5. The SMILES string of the molecule is CC1(C)CC(C(=O)O)(C(=O)O)C1(C(=O)O)C(=O)O. The second-order valence-corrected chi connectivity index (χ2v) is 4.94. The topological polar surface area (TPSA) is 149 Å². The summed E-state index contributed by atoms with van der Waals surface area (Å²) in [7, 11) is 0. The molecule has 0 unspecified atom stereocenters. The Bertz CT molecular complexity index is 432. The molecule has 8 nitrogen and oxygen atoms in total. The van der Waals surface area contributed by atoms with Gasteiger partial charge in [0.05, 0.1) is 0 Å². The second kappa shape index (κ2) is 3.44. The van der Waals surface area contributed by atoms with E-state index in [-0.39, 0.29) is 0 Å². The summed E-state index contributed by atoms with van der Waals surface area (Å²) in [6.45, 7) is 2.44. The number of aliphatic carboxylic acids is 4. The minimum Gasteiger partial charge on any atom is -0.480 e. The van der Waals surface area contributed by atoms with Crippen molar-refractivity contribution in [1.29, 1.82) is 0 Å². The number of hydrogen-bond acceptors (Lipinski definition) is 4. The molecule has 1 fully saturated rings. The quantitative estimate of drug-likeness (QED) is 0.504. The van der Waals surface area contributed by atoms with Gasteiger partial charge in [-0.1, -0.05) is 13.8 Å². The molecule has 0 aromatic heterocycles. The Kier molecular flexibility index (Phi) is 2.66. The van der Waals surface area contributed by atoms with Gasteiger partial charge >= 0.3 is 23.9 Å². The highest BCUT2D eigenvalue weighted by atomic mass is 16.4. The Balaban J connectivity index is 3.68. The molecule has 0 amide bonds. The predicted octanol–water partition coefficient (Wildman–Crippen LogP) is -0.273. The van der Waals surface area contributed by atoms with Gasteiger partial charge in [-0.15, -0.1) is 0 Å². The molecule has 1 saturated carbocycles. The maximum Gasteiger partial charge on any atom is 0.323 e. The van der Waals surface area contributed by atoms with Crippen LogP contribution in [0.15, 0.2) is 0 Å².